The van der Waals surface area contributed by atoms with Gasteiger partial charge in [-0.3, -0.25) is 9.69 Å². The Hall–Kier alpha value is -1.59. The van der Waals surface area contributed by atoms with Crippen LogP contribution in [0.3, 0.4) is 0 Å². The summed E-state index contributed by atoms with van der Waals surface area (Å²) in [5.74, 6) is 0.800. The second kappa shape index (κ2) is 7.32. The molecule has 4 nitrogen and oxygen atoms in total. The van der Waals surface area contributed by atoms with Gasteiger partial charge in [0.05, 0.1) is 12.8 Å². The minimum atomic E-state index is 0.00552. The summed E-state index contributed by atoms with van der Waals surface area (Å²) < 4.78 is 5.47. The lowest BCUT2D eigenvalue weighted by molar-refractivity contribution is 0.137. The molecule has 1 saturated heterocycles. The number of aromatic amines is 1. The van der Waals surface area contributed by atoms with Gasteiger partial charge in [0.25, 0.3) is 0 Å². The number of para-hydroxylation sites is 1. The van der Waals surface area contributed by atoms with E-state index in [1.807, 2.05) is 24.3 Å². The molecule has 124 valence electrons. The number of ether oxygens (including phenoxy) is 1. The van der Waals surface area contributed by atoms with E-state index in [0.29, 0.717) is 6.04 Å². The van der Waals surface area contributed by atoms with Gasteiger partial charge in [0.15, 0.2) is 0 Å². The van der Waals surface area contributed by atoms with Crippen molar-refractivity contribution in [1.29, 1.82) is 0 Å². The van der Waals surface area contributed by atoms with Gasteiger partial charge in [-0.15, -0.1) is 0 Å². The minimum absolute atomic E-state index is 0.00552. The number of benzene rings is 1. The van der Waals surface area contributed by atoms with E-state index in [2.05, 4.69) is 16.8 Å². The standard InChI is InChI=1S/C18H24N2O2S/c1-3-13-8-6-7-11-20(13)12-16-17(19-18(21)23-16)14-9-4-5-10-15(14)22-2/h4-5,9-10,13H,3,6-8,11-12H2,1-2H3,(H,19,21). The summed E-state index contributed by atoms with van der Waals surface area (Å²) in [6.45, 7) is 4.22. The van der Waals surface area contributed by atoms with E-state index in [1.165, 1.54) is 37.0 Å². The number of nitrogens with zero attached hydrogens (tertiary/aromatic N) is 1. The van der Waals surface area contributed by atoms with Crippen LogP contribution in [0.15, 0.2) is 29.1 Å². The van der Waals surface area contributed by atoms with Crippen molar-refractivity contribution in [2.45, 2.75) is 45.2 Å². The molecule has 1 aliphatic heterocycles. The summed E-state index contributed by atoms with van der Waals surface area (Å²) in [5.41, 5.74) is 1.88. The maximum atomic E-state index is 12.0. The van der Waals surface area contributed by atoms with E-state index >= 15 is 0 Å². The number of hydrogen-bond acceptors (Lipinski definition) is 4. The molecule has 0 saturated carbocycles. The molecular formula is C18H24N2O2S. The van der Waals surface area contributed by atoms with Gasteiger partial charge >= 0.3 is 4.87 Å². The number of nitrogens with one attached hydrogen (secondary N) is 1. The lowest BCUT2D eigenvalue weighted by Gasteiger charge is -2.35. The van der Waals surface area contributed by atoms with Crippen LogP contribution in [0.4, 0.5) is 0 Å². The van der Waals surface area contributed by atoms with Crippen molar-refractivity contribution in [2.24, 2.45) is 0 Å². The van der Waals surface area contributed by atoms with Crippen LogP contribution in [-0.4, -0.2) is 29.6 Å². The van der Waals surface area contributed by atoms with Crippen LogP contribution in [0.5, 0.6) is 5.75 Å². The molecule has 23 heavy (non-hydrogen) atoms. The first-order chi connectivity index (χ1) is 11.2. The van der Waals surface area contributed by atoms with E-state index in [1.54, 1.807) is 7.11 Å². The smallest absolute Gasteiger partial charge is 0.305 e. The fourth-order valence-corrected chi connectivity index (χ4v) is 4.33. The quantitative estimate of drug-likeness (QED) is 0.904. The van der Waals surface area contributed by atoms with Gasteiger partial charge < -0.3 is 9.72 Å². The fraction of sp³-hybridized carbons (Fsp3) is 0.500. The zero-order valence-corrected chi connectivity index (χ0v) is 14.6. The molecule has 0 spiro atoms. The number of piperidine rings is 1. The van der Waals surface area contributed by atoms with Crippen LogP contribution in [0.1, 0.15) is 37.5 Å². The topological polar surface area (TPSA) is 45.3 Å². The van der Waals surface area contributed by atoms with Crippen molar-refractivity contribution in [3.05, 3.63) is 38.8 Å². The first-order valence-electron chi connectivity index (χ1n) is 8.32. The Kier molecular flexibility index (Phi) is 5.18. The molecule has 2 aromatic rings. The lowest BCUT2D eigenvalue weighted by atomic mass is 9.99. The van der Waals surface area contributed by atoms with E-state index in [9.17, 15) is 4.79 Å². The molecule has 1 aromatic heterocycles. The van der Waals surface area contributed by atoms with Crippen LogP contribution < -0.4 is 9.61 Å². The van der Waals surface area contributed by atoms with E-state index in [-0.39, 0.29) is 4.87 Å². The molecule has 1 aromatic carbocycles. The third-order valence-electron chi connectivity index (χ3n) is 4.67. The Morgan fingerprint density at radius 1 is 1.35 bits per heavy atom. The van der Waals surface area contributed by atoms with Crippen molar-refractivity contribution in [2.75, 3.05) is 13.7 Å². The molecule has 1 aliphatic rings. The first-order valence-corrected chi connectivity index (χ1v) is 9.14. The third-order valence-corrected chi connectivity index (χ3v) is 5.53. The summed E-state index contributed by atoms with van der Waals surface area (Å²) in [6.07, 6.45) is 5.00. The van der Waals surface area contributed by atoms with E-state index in [0.717, 1.165) is 35.0 Å². The molecule has 5 heteroatoms. The van der Waals surface area contributed by atoms with Crippen molar-refractivity contribution < 1.29 is 4.74 Å². The maximum Gasteiger partial charge on any atom is 0.305 e. The highest BCUT2D eigenvalue weighted by Crippen LogP contribution is 2.33. The van der Waals surface area contributed by atoms with Gasteiger partial charge in [-0.2, -0.15) is 0 Å². The Morgan fingerprint density at radius 2 is 2.17 bits per heavy atom. The fourth-order valence-electron chi connectivity index (χ4n) is 3.46. The van der Waals surface area contributed by atoms with Crippen LogP contribution in [0, 0.1) is 0 Å². The summed E-state index contributed by atoms with van der Waals surface area (Å²) in [4.78, 5) is 18.6. The van der Waals surface area contributed by atoms with Gasteiger partial charge in [-0.1, -0.05) is 36.8 Å². The van der Waals surface area contributed by atoms with Gasteiger partial charge in [0.2, 0.25) is 0 Å². The Balaban J connectivity index is 1.93. The SMILES string of the molecule is CCC1CCCCN1Cc1sc(=O)[nH]c1-c1ccccc1OC. The zero-order valence-electron chi connectivity index (χ0n) is 13.8. The first kappa shape index (κ1) is 16.3. The number of H-pyrrole nitrogens is 1. The molecule has 1 fully saturated rings. The van der Waals surface area contributed by atoms with Crippen molar-refractivity contribution in [1.82, 2.24) is 9.88 Å². The molecule has 0 amide bonds. The number of hydrogen-bond donors (Lipinski definition) is 1. The maximum absolute atomic E-state index is 12.0. The summed E-state index contributed by atoms with van der Waals surface area (Å²) in [7, 11) is 1.67. The minimum Gasteiger partial charge on any atom is -0.496 e. The van der Waals surface area contributed by atoms with E-state index < -0.39 is 0 Å². The monoisotopic (exact) mass is 332 g/mol. The number of likely N-dealkylation sites (tertiary alicyclic amines) is 1. The number of aromatic nitrogens is 1. The third kappa shape index (κ3) is 3.51. The number of methoxy groups -OCH3 is 1. The summed E-state index contributed by atoms with van der Waals surface area (Å²) in [6, 6.07) is 8.50. The largest absolute Gasteiger partial charge is 0.496 e. The molecule has 1 N–H and O–H groups in total. The molecule has 0 bridgehead atoms. The second-order valence-electron chi connectivity index (χ2n) is 6.04. The van der Waals surface area contributed by atoms with Crippen molar-refractivity contribution in [3.63, 3.8) is 0 Å². The molecule has 1 unspecified atom stereocenters. The average molecular weight is 332 g/mol. The molecule has 2 heterocycles. The van der Waals surface area contributed by atoms with Crippen molar-refractivity contribution in [3.8, 4) is 17.0 Å². The molecule has 0 aliphatic carbocycles. The van der Waals surface area contributed by atoms with E-state index in [4.69, 9.17) is 4.74 Å². The second-order valence-corrected chi connectivity index (χ2v) is 7.11. The number of rotatable bonds is 5. The lowest BCUT2D eigenvalue weighted by Crippen LogP contribution is -2.38. The highest BCUT2D eigenvalue weighted by Gasteiger charge is 2.23. The normalized spacial score (nSPS) is 19.0. The molecular weight excluding hydrogens is 308 g/mol. The highest BCUT2D eigenvalue weighted by molar-refractivity contribution is 7.09. The predicted octanol–water partition coefficient (Wildman–Crippen LogP) is 3.88. The van der Waals surface area contributed by atoms with Crippen LogP contribution >= 0.6 is 11.3 Å². The predicted molar refractivity (Wildman–Crippen MR) is 95.3 cm³/mol. The van der Waals surface area contributed by atoms with Crippen LogP contribution in [0.25, 0.3) is 11.3 Å². The average Bonchev–Trinajstić information content (AvgIpc) is 2.95. The Labute approximate surface area is 141 Å². The Bertz CT molecular complexity index is 707. The highest BCUT2D eigenvalue weighted by atomic mass is 32.1. The van der Waals surface area contributed by atoms with Crippen LogP contribution in [-0.2, 0) is 6.54 Å². The summed E-state index contributed by atoms with van der Waals surface area (Å²) in [5, 5.41) is 0. The van der Waals surface area contributed by atoms with Crippen molar-refractivity contribution >= 4 is 11.3 Å². The molecule has 1 atom stereocenters. The Morgan fingerprint density at radius 3 is 2.96 bits per heavy atom. The van der Waals surface area contributed by atoms with Gasteiger partial charge in [0.1, 0.15) is 5.75 Å². The van der Waals surface area contributed by atoms with Gasteiger partial charge in [0, 0.05) is 23.0 Å². The molecule has 0 radical (unpaired) electrons. The van der Waals surface area contributed by atoms with Crippen LogP contribution in [0.2, 0.25) is 0 Å². The number of thiazole rings is 1. The summed E-state index contributed by atoms with van der Waals surface area (Å²) >= 11 is 1.33. The van der Waals surface area contributed by atoms with Gasteiger partial charge in [-0.25, -0.2) is 0 Å². The molecule has 3 rings (SSSR count). The zero-order chi connectivity index (χ0) is 16.2. The van der Waals surface area contributed by atoms with Gasteiger partial charge in [-0.05, 0) is 37.9 Å².